The Morgan fingerprint density at radius 2 is 2.00 bits per heavy atom. The van der Waals surface area contributed by atoms with E-state index in [1.807, 2.05) is 6.20 Å². The number of rotatable bonds is 6. The first-order valence-electron chi connectivity index (χ1n) is 7.65. The van der Waals surface area contributed by atoms with Crippen molar-refractivity contribution in [1.29, 1.82) is 0 Å². The number of hydrogen-bond donors (Lipinski definition) is 1. The van der Waals surface area contributed by atoms with Gasteiger partial charge in [0.05, 0.1) is 6.61 Å². The number of hydrogen-bond acceptors (Lipinski definition) is 6. The second-order valence-corrected chi connectivity index (χ2v) is 7.52. The molecular formula is C15H28N4OS. The van der Waals surface area contributed by atoms with E-state index in [9.17, 15) is 0 Å². The lowest BCUT2D eigenvalue weighted by molar-refractivity contribution is 0.128. The van der Waals surface area contributed by atoms with E-state index < -0.39 is 0 Å². The minimum atomic E-state index is 0.269. The van der Waals surface area contributed by atoms with Crippen molar-refractivity contribution in [2.24, 2.45) is 0 Å². The van der Waals surface area contributed by atoms with Gasteiger partial charge in [-0.2, -0.15) is 0 Å². The molecule has 1 saturated heterocycles. The SMILES string of the molecule is COCCNCc1cnc(N2CCN(C(C)(C)C)CC2)s1. The topological polar surface area (TPSA) is 40.6 Å². The Hall–Kier alpha value is -0.690. The summed E-state index contributed by atoms with van der Waals surface area (Å²) in [4.78, 5) is 10.8. The van der Waals surface area contributed by atoms with E-state index in [2.05, 4.69) is 40.9 Å². The van der Waals surface area contributed by atoms with Crippen molar-refractivity contribution < 1.29 is 4.74 Å². The van der Waals surface area contributed by atoms with Crippen molar-refractivity contribution >= 4 is 16.5 Å². The van der Waals surface area contributed by atoms with Gasteiger partial charge in [-0.3, -0.25) is 4.90 Å². The van der Waals surface area contributed by atoms with Crippen molar-refractivity contribution in [3.05, 3.63) is 11.1 Å². The summed E-state index contributed by atoms with van der Waals surface area (Å²) in [5.74, 6) is 0. The van der Waals surface area contributed by atoms with Crippen molar-refractivity contribution in [2.75, 3.05) is 51.3 Å². The Kier molecular flexibility index (Phi) is 5.98. The summed E-state index contributed by atoms with van der Waals surface area (Å²) in [6.07, 6.45) is 2.00. The number of thiazole rings is 1. The van der Waals surface area contributed by atoms with Crippen LogP contribution in [0.1, 0.15) is 25.6 Å². The smallest absolute Gasteiger partial charge is 0.185 e. The van der Waals surface area contributed by atoms with Crippen molar-refractivity contribution in [3.8, 4) is 0 Å². The van der Waals surface area contributed by atoms with Crippen LogP contribution in [0.15, 0.2) is 6.20 Å². The van der Waals surface area contributed by atoms with Gasteiger partial charge in [0.15, 0.2) is 5.13 Å². The van der Waals surface area contributed by atoms with Gasteiger partial charge < -0.3 is 15.0 Å². The van der Waals surface area contributed by atoms with E-state index in [-0.39, 0.29) is 5.54 Å². The zero-order valence-electron chi connectivity index (χ0n) is 13.7. The molecule has 0 radical (unpaired) electrons. The molecule has 0 bridgehead atoms. The van der Waals surface area contributed by atoms with Gasteiger partial charge in [-0.1, -0.05) is 0 Å². The van der Waals surface area contributed by atoms with Gasteiger partial charge in [0, 0.05) is 63.0 Å². The van der Waals surface area contributed by atoms with E-state index in [0.29, 0.717) is 0 Å². The average molecular weight is 312 g/mol. The molecule has 1 aliphatic rings. The molecule has 0 spiro atoms. The number of methoxy groups -OCH3 is 1. The largest absolute Gasteiger partial charge is 0.383 e. The van der Waals surface area contributed by atoms with Crippen LogP contribution in [0.4, 0.5) is 5.13 Å². The maximum Gasteiger partial charge on any atom is 0.185 e. The average Bonchev–Trinajstić information content (AvgIpc) is 2.92. The predicted molar refractivity (Wildman–Crippen MR) is 89.2 cm³/mol. The molecule has 21 heavy (non-hydrogen) atoms. The molecule has 1 N–H and O–H groups in total. The van der Waals surface area contributed by atoms with Crippen LogP contribution in [0, 0.1) is 0 Å². The molecule has 1 aromatic rings. The summed E-state index contributed by atoms with van der Waals surface area (Å²) in [6.45, 7) is 13.7. The standard InChI is InChI=1S/C15H28N4OS/c1-15(2,3)19-8-6-18(7-9-19)14-17-12-13(21-14)11-16-5-10-20-4/h12,16H,5-11H2,1-4H3. The van der Waals surface area contributed by atoms with Gasteiger partial charge in [-0.15, -0.1) is 11.3 Å². The molecule has 0 aromatic carbocycles. The van der Waals surface area contributed by atoms with Crippen molar-refractivity contribution in [3.63, 3.8) is 0 Å². The highest BCUT2D eigenvalue weighted by atomic mass is 32.1. The van der Waals surface area contributed by atoms with Crippen LogP contribution in [0.25, 0.3) is 0 Å². The third-order valence-electron chi connectivity index (χ3n) is 3.82. The molecule has 1 fully saturated rings. The molecule has 2 heterocycles. The molecule has 120 valence electrons. The third-order valence-corrected chi connectivity index (χ3v) is 4.88. The molecule has 6 heteroatoms. The Morgan fingerprint density at radius 1 is 1.29 bits per heavy atom. The summed E-state index contributed by atoms with van der Waals surface area (Å²) >= 11 is 1.80. The maximum atomic E-state index is 5.03. The summed E-state index contributed by atoms with van der Waals surface area (Å²) < 4.78 is 5.03. The number of anilines is 1. The molecule has 1 aliphatic heterocycles. The van der Waals surface area contributed by atoms with Crippen LogP contribution in [0.3, 0.4) is 0 Å². The van der Waals surface area contributed by atoms with Gasteiger partial charge in [0.25, 0.3) is 0 Å². The van der Waals surface area contributed by atoms with Gasteiger partial charge in [0.2, 0.25) is 0 Å². The molecule has 0 unspecified atom stereocenters. The Labute approximate surface area is 132 Å². The number of piperazine rings is 1. The van der Waals surface area contributed by atoms with Crippen LogP contribution in [0.5, 0.6) is 0 Å². The fourth-order valence-electron chi connectivity index (χ4n) is 2.48. The summed E-state index contributed by atoms with van der Waals surface area (Å²) in [5.41, 5.74) is 0.269. The fraction of sp³-hybridized carbons (Fsp3) is 0.800. The minimum Gasteiger partial charge on any atom is -0.383 e. The maximum absolute atomic E-state index is 5.03. The zero-order valence-corrected chi connectivity index (χ0v) is 14.5. The minimum absolute atomic E-state index is 0.269. The molecule has 0 amide bonds. The fourth-order valence-corrected chi connectivity index (χ4v) is 3.41. The molecule has 0 saturated carbocycles. The lowest BCUT2D eigenvalue weighted by Gasteiger charge is -2.42. The molecule has 0 aliphatic carbocycles. The lowest BCUT2D eigenvalue weighted by Crippen LogP contribution is -2.53. The second kappa shape index (κ2) is 7.54. The monoisotopic (exact) mass is 312 g/mol. The van der Waals surface area contributed by atoms with Crippen LogP contribution in [-0.2, 0) is 11.3 Å². The molecule has 1 aromatic heterocycles. The molecule has 2 rings (SSSR count). The Morgan fingerprint density at radius 3 is 2.62 bits per heavy atom. The quantitative estimate of drug-likeness (QED) is 0.811. The Bertz CT molecular complexity index is 422. The summed E-state index contributed by atoms with van der Waals surface area (Å²) in [6, 6.07) is 0. The van der Waals surface area contributed by atoms with Crippen LogP contribution >= 0.6 is 11.3 Å². The van der Waals surface area contributed by atoms with Gasteiger partial charge in [0.1, 0.15) is 0 Å². The highest BCUT2D eigenvalue weighted by Gasteiger charge is 2.26. The van der Waals surface area contributed by atoms with E-state index in [4.69, 9.17) is 4.74 Å². The lowest BCUT2D eigenvalue weighted by atomic mass is 10.1. The van der Waals surface area contributed by atoms with Crippen molar-refractivity contribution in [2.45, 2.75) is 32.9 Å². The van der Waals surface area contributed by atoms with Crippen molar-refractivity contribution in [1.82, 2.24) is 15.2 Å². The van der Waals surface area contributed by atoms with Crippen LogP contribution in [0.2, 0.25) is 0 Å². The van der Waals surface area contributed by atoms with E-state index in [1.54, 1.807) is 18.4 Å². The van der Waals surface area contributed by atoms with E-state index >= 15 is 0 Å². The number of ether oxygens (including phenoxy) is 1. The normalized spacial score (nSPS) is 17.4. The zero-order chi connectivity index (χ0) is 15.3. The van der Waals surface area contributed by atoms with E-state index in [0.717, 1.165) is 51.0 Å². The first-order chi connectivity index (χ1) is 10.0. The molecule has 5 nitrogen and oxygen atoms in total. The summed E-state index contributed by atoms with van der Waals surface area (Å²) in [7, 11) is 1.73. The number of nitrogens with zero attached hydrogens (tertiary/aromatic N) is 3. The van der Waals surface area contributed by atoms with Crippen LogP contribution < -0.4 is 10.2 Å². The summed E-state index contributed by atoms with van der Waals surface area (Å²) in [5, 5.41) is 4.52. The highest BCUT2D eigenvalue weighted by molar-refractivity contribution is 7.15. The second-order valence-electron chi connectivity index (χ2n) is 6.42. The van der Waals surface area contributed by atoms with Gasteiger partial charge >= 0.3 is 0 Å². The van der Waals surface area contributed by atoms with Gasteiger partial charge in [-0.25, -0.2) is 4.98 Å². The highest BCUT2D eigenvalue weighted by Crippen LogP contribution is 2.25. The van der Waals surface area contributed by atoms with Crippen LogP contribution in [-0.4, -0.2) is 61.9 Å². The molecule has 0 atom stereocenters. The first kappa shape index (κ1) is 16.7. The third kappa shape index (κ3) is 4.92. The number of aromatic nitrogens is 1. The van der Waals surface area contributed by atoms with E-state index in [1.165, 1.54) is 4.88 Å². The van der Waals surface area contributed by atoms with Gasteiger partial charge in [-0.05, 0) is 20.8 Å². The Balaban J connectivity index is 1.80. The first-order valence-corrected chi connectivity index (χ1v) is 8.46. The predicted octanol–water partition coefficient (Wildman–Crippen LogP) is 1.80. The number of nitrogens with one attached hydrogen (secondary N) is 1. The molecular weight excluding hydrogens is 284 g/mol.